The zero-order valence-corrected chi connectivity index (χ0v) is 12.1. The molecule has 0 aromatic heterocycles. The third-order valence-corrected chi connectivity index (χ3v) is 3.98. The van der Waals surface area contributed by atoms with Crippen molar-refractivity contribution in [1.29, 1.82) is 0 Å². The van der Waals surface area contributed by atoms with E-state index in [4.69, 9.17) is 9.47 Å². The SMILES string of the molecule is O=C1OCCC1Oc1c(Br)cccc1CNC1CC1. The van der Waals surface area contributed by atoms with Crippen LogP contribution in [-0.4, -0.2) is 24.7 Å². The molecule has 0 amide bonds. The summed E-state index contributed by atoms with van der Waals surface area (Å²) in [5.41, 5.74) is 1.07. The number of carbonyl (C=O) groups is 1. The third-order valence-electron chi connectivity index (χ3n) is 3.35. The molecule has 1 N–H and O–H groups in total. The molecule has 102 valence electrons. The maximum atomic E-state index is 11.5. The Morgan fingerprint density at radius 1 is 1.37 bits per heavy atom. The van der Waals surface area contributed by atoms with Crippen LogP contribution >= 0.6 is 15.9 Å². The molecule has 1 aliphatic carbocycles. The number of esters is 1. The van der Waals surface area contributed by atoms with Gasteiger partial charge in [0.25, 0.3) is 0 Å². The average Bonchev–Trinajstić information content (AvgIpc) is 3.14. The van der Waals surface area contributed by atoms with Crippen LogP contribution in [0.25, 0.3) is 0 Å². The number of carbonyl (C=O) groups excluding carboxylic acids is 1. The van der Waals surface area contributed by atoms with Crippen LogP contribution in [0.1, 0.15) is 24.8 Å². The zero-order chi connectivity index (χ0) is 13.2. The lowest BCUT2D eigenvalue weighted by Crippen LogP contribution is -2.23. The van der Waals surface area contributed by atoms with Gasteiger partial charge in [-0.25, -0.2) is 4.79 Å². The van der Waals surface area contributed by atoms with E-state index in [0.717, 1.165) is 22.3 Å². The van der Waals surface area contributed by atoms with Crippen molar-refractivity contribution in [3.05, 3.63) is 28.2 Å². The lowest BCUT2D eigenvalue weighted by molar-refractivity contribution is -0.143. The first kappa shape index (κ1) is 12.9. The highest BCUT2D eigenvalue weighted by molar-refractivity contribution is 9.10. The molecule has 1 atom stereocenters. The Morgan fingerprint density at radius 3 is 2.89 bits per heavy atom. The maximum absolute atomic E-state index is 11.5. The van der Waals surface area contributed by atoms with E-state index in [2.05, 4.69) is 21.2 Å². The van der Waals surface area contributed by atoms with Crippen LogP contribution in [-0.2, 0) is 16.1 Å². The van der Waals surface area contributed by atoms with Crippen LogP contribution in [0.5, 0.6) is 5.75 Å². The fourth-order valence-electron chi connectivity index (χ4n) is 2.09. The van der Waals surface area contributed by atoms with Gasteiger partial charge in [0.2, 0.25) is 0 Å². The Bertz CT molecular complexity index is 488. The van der Waals surface area contributed by atoms with Crippen molar-refractivity contribution in [2.75, 3.05) is 6.61 Å². The summed E-state index contributed by atoms with van der Waals surface area (Å²) >= 11 is 3.49. The normalized spacial score (nSPS) is 22.4. The Balaban J connectivity index is 1.75. The second-order valence-electron chi connectivity index (χ2n) is 4.95. The molecular formula is C14H16BrNO3. The van der Waals surface area contributed by atoms with Gasteiger partial charge in [-0.1, -0.05) is 12.1 Å². The van der Waals surface area contributed by atoms with E-state index in [1.165, 1.54) is 12.8 Å². The molecule has 0 bridgehead atoms. The van der Waals surface area contributed by atoms with E-state index in [1.807, 2.05) is 18.2 Å². The first-order valence-corrected chi connectivity index (χ1v) is 7.37. The lowest BCUT2D eigenvalue weighted by Gasteiger charge is -2.16. The van der Waals surface area contributed by atoms with E-state index in [1.54, 1.807) is 0 Å². The maximum Gasteiger partial charge on any atom is 0.347 e. The molecule has 2 aliphatic rings. The van der Waals surface area contributed by atoms with Crippen LogP contribution in [0.4, 0.5) is 0 Å². The highest BCUT2D eigenvalue weighted by atomic mass is 79.9. The zero-order valence-electron chi connectivity index (χ0n) is 10.5. The molecule has 5 heteroatoms. The summed E-state index contributed by atoms with van der Waals surface area (Å²) in [7, 11) is 0. The quantitative estimate of drug-likeness (QED) is 0.844. The number of para-hydroxylation sites is 1. The predicted octanol–water partition coefficient (Wildman–Crippen LogP) is 2.40. The van der Waals surface area contributed by atoms with Crippen LogP contribution in [0.2, 0.25) is 0 Å². The summed E-state index contributed by atoms with van der Waals surface area (Å²) in [6.45, 7) is 1.21. The predicted molar refractivity (Wildman–Crippen MR) is 74.0 cm³/mol. The minimum atomic E-state index is -0.474. The molecule has 3 rings (SSSR count). The lowest BCUT2D eigenvalue weighted by atomic mass is 10.2. The van der Waals surface area contributed by atoms with Gasteiger partial charge < -0.3 is 14.8 Å². The molecule has 1 aliphatic heterocycles. The van der Waals surface area contributed by atoms with Crippen molar-refractivity contribution in [2.24, 2.45) is 0 Å². The fourth-order valence-corrected chi connectivity index (χ4v) is 2.59. The molecule has 0 spiro atoms. The summed E-state index contributed by atoms with van der Waals surface area (Å²) in [6, 6.07) is 6.57. The molecular weight excluding hydrogens is 310 g/mol. The number of halogens is 1. The highest BCUT2D eigenvalue weighted by Gasteiger charge is 2.30. The van der Waals surface area contributed by atoms with Gasteiger partial charge in [-0.15, -0.1) is 0 Å². The molecule has 1 saturated carbocycles. The third kappa shape index (κ3) is 3.09. The summed E-state index contributed by atoms with van der Waals surface area (Å²) in [4.78, 5) is 11.5. The Kier molecular flexibility index (Phi) is 3.75. The van der Waals surface area contributed by atoms with Gasteiger partial charge in [0, 0.05) is 24.6 Å². The molecule has 1 aromatic carbocycles. The standard InChI is InChI=1S/C14H16BrNO3/c15-11-3-1-2-9(8-16-10-4-5-10)13(11)19-12-6-7-18-14(12)17/h1-3,10,12,16H,4-8H2. The van der Waals surface area contributed by atoms with E-state index in [0.29, 0.717) is 19.1 Å². The summed E-state index contributed by atoms with van der Waals surface area (Å²) in [5, 5.41) is 3.46. The van der Waals surface area contributed by atoms with Crippen LogP contribution in [0, 0.1) is 0 Å². The van der Waals surface area contributed by atoms with Crippen molar-refractivity contribution in [3.63, 3.8) is 0 Å². The number of benzene rings is 1. The molecule has 1 heterocycles. The van der Waals surface area contributed by atoms with Gasteiger partial charge in [-0.2, -0.15) is 0 Å². The molecule has 19 heavy (non-hydrogen) atoms. The number of cyclic esters (lactones) is 1. The van der Waals surface area contributed by atoms with Crippen LogP contribution in [0.3, 0.4) is 0 Å². The molecule has 4 nitrogen and oxygen atoms in total. The monoisotopic (exact) mass is 325 g/mol. The van der Waals surface area contributed by atoms with Gasteiger partial charge in [0.15, 0.2) is 6.10 Å². The number of hydrogen-bond donors (Lipinski definition) is 1. The largest absolute Gasteiger partial charge is 0.477 e. The minimum Gasteiger partial charge on any atom is -0.477 e. The summed E-state index contributed by atoms with van der Waals surface area (Å²) < 4.78 is 11.6. The topological polar surface area (TPSA) is 47.6 Å². The number of nitrogens with one attached hydrogen (secondary N) is 1. The van der Waals surface area contributed by atoms with Crippen LogP contribution in [0.15, 0.2) is 22.7 Å². The molecule has 2 fully saturated rings. The summed E-state index contributed by atoms with van der Waals surface area (Å²) in [6.07, 6.45) is 2.65. The van der Waals surface area contributed by atoms with E-state index in [-0.39, 0.29) is 5.97 Å². The molecule has 1 saturated heterocycles. The fraction of sp³-hybridized carbons (Fsp3) is 0.500. The first-order valence-electron chi connectivity index (χ1n) is 6.58. The molecule has 1 unspecified atom stereocenters. The first-order chi connectivity index (χ1) is 9.24. The van der Waals surface area contributed by atoms with Gasteiger partial charge in [0.05, 0.1) is 11.1 Å². The molecule has 1 aromatic rings. The van der Waals surface area contributed by atoms with E-state index in [9.17, 15) is 4.79 Å². The van der Waals surface area contributed by atoms with E-state index >= 15 is 0 Å². The van der Waals surface area contributed by atoms with Crippen molar-refractivity contribution in [2.45, 2.75) is 38.0 Å². The second-order valence-corrected chi connectivity index (χ2v) is 5.80. The Labute approximate surface area is 120 Å². The van der Waals surface area contributed by atoms with Crippen molar-refractivity contribution >= 4 is 21.9 Å². The average molecular weight is 326 g/mol. The van der Waals surface area contributed by atoms with E-state index < -0.39 is 6.10 Å². The number of rotatable bonds is 5. The van der Waals surface area contributed by atoms with Gasteiger partial charge in [0.1, 0.15) is 5.75 Å². The number of hydrogen-bond acceptors (Lipinski definition) is 4. The second kappa shape index (κ2) is 5.51. The van der Waals surface area contributed by atoms with Gasteiger partial charge >= 0.3 is 5.97 Å². The number of ether oxygens (including phenoxy) is 2. The summed E-state index contributed by atoms with van der Waals surface area (Å²) in [5.74, 6) is 0.483. The minimum absolute atomic E-state index is 0.267. The van der Waals surface area contributed by atoms with Crippen molar-refractivity contribution in [1.82, 2.24) is 5.32 Å². The van der Waals surface area contributed by atoms with Crippen LogP contribution < -0.4 is 10.1 Å². The Morgan fingerprint density at radius 2 is 2.21 bits per heavy atom. The van der Waals surface area contributed by atoms with Crippen molar-refractivity contribution in [3.8, 4) is 5.75 Å². The highest BCUT2D eigenvalue weighted by Crippen LogP contribution is 2.32. The molecule has 0 radical (unpaired) electrons. The smallest absolute Gasteiger partial charge is 0.347 e. The van der Waals surface area contributed by atoms with Crippen molar-refractivity contribution < 1.29 is 14.3 Å². The Hall–Kier alpha value is -1.07. The van der Waals surface area contributed by atoms with Gasteiger partial charge in [-0.05, 0) is 34.8 Å². The van der Waals surface area contributed by atoms with Gasteiger partial charge in [-0.3, -0.25) is 0 Å².